The van der Waals surface area contributed by atoms with Crippen LogP contribution in [0.4, 0.5) is 19.3 Å². The molecule has 3 rings (SSSR count). The largest absolute Gasteiger partial charge is 0.371 e. The molecule has 0 unspecified atom stereocenters. The van der Waals surface area contributed by atoms with Gasteiger partial charge in [-0.15, -0.1) is 0 Å². The highest BCUT2D eigenvalue weighted by Crippen LogP contribution is 2.22. The third kappa shape index (κ3) is 4.04. The van der Waals surface area contributed by atoms with E-state index in [1.165, 1.54) is 5.69 Å². The maximum atomic E-state index is 12.6. The normalized spacial score (nSPS) is 19.3. The van der Waals surface area contributed by atoms with Crippen LogP contribution in [0.15, 0.2) is 42.0 Å². The Morgan fingerprint density at radius 1 is 1.00 bits per heavy atom. The average Bonchev–Trinajstić information content (AvgIpc) is 2.63. The van der Waals surface area contributed by atoms with Crippen molar-refractivity contribution in [2.24, 2.45) is 0 Å². The minimum atomic E-state index is -1.58. The Bertz CT molecular complexity index is 584. The number of nitrogens with one attached hydrogen (secondary N) is 1. The first-order valence-corrected chi connectivity index (χ1v) is 8.52. The lowest BCUT2D eigenvalue weighted by atomic mass is 10.0. The highest BCUT2D eigenvalue weighted by atomic mass is 19.3. The van der Waals surface area contributed by atoms with Crippen LogP contribution >= 0.6 is 0 Å². The molecule has 0 radical (unpaired) electrons. The van der Waals surface area contributed by atoms with Gasteiger partial charge in [0, 0.05) is 37.9 Å². The molecular formula is C18H23F2N3O. The number of nitrogens with zero attached hydrogens (tertiary/aromatic N) is 2. The van der Waals surface area contributed by atoms with Crippen LogP contribution in [-0.2, 0) is 0 Å². The fraction of sp³-hybridized carbons (Fsp3) is 0.500. The van der Waals surface area contributed by atoms with Crippen molar-refractivity contribution < 1.29 is 13.6 Å². The first-order valence-electron chi connectivity index (χ1n) is 8.52. The summed E-state index contributed by atoms with van der Waals surface area (Å²) < 4.78 is 25.1. The number of para-hydroxylation sites is 1. The zero-order valence-electron chi connectivity index (χ0n) is 13.7. The summed E-state index contributed by atoms with van der Waals surface area (Å²) in [5.74, 6) is 0. The van der Waals surface area contributed by atoms with Gasteiger partial charge in [-0.3, -0.25) is 0 Å². The number of likely N-dealkylation sites (tertiary alicyclic amines) is 1. The van der Waals surface area contributed by atoms with Crippen molar-refractivity contribution in [2.45, 2.75) is 31.7 Å². The standard InChI is InChI=1S/C18H23F2N3O/c19-17(20)14-6-10-23(11-7-14)18(24)21-15-8-12-22(13-9-15)16-4-2-1-3-5-16/h1-5,15H,6-13H2,(H,21,24). The Morgan fingerprint density at radius 2 is 1.62 bits per heavy atom. The summed E-state index contributed by atoms with van der Waals surface area (Å²) in [5.41, 5.74) is 1.40. The molecule has 4 nitrogen and oxygen atoms in total. The van der Waals surface area contributed by atoms with Crippen LogP contribution in [0.5, 0.6) is 0 Å². The lowest BCUT2D eigenvalue weighted by Gasteiger charge is -2.35. The van der Waals surface area contributed by atoms with E-state index in [9.17, 15) is 13.6 Å². The number of anilines is 1. The number of benzene rings is 1. The van der Waals surface area contributed by atoms with Gasteiger partial charge in [-0.1, -0.05) is 18.2 Å². The van der Waals surface area contributed by atoms with E-state index in [1.807, 2.05) is 18.2 Å². The Hall–Kier alpha value is -2.11. The van der Waals surface area contributed by atoms with Gasteiger partial charge >= 0.3 is 6.03 Å². The van der Waals surface area contributed by atoms with Gasteiger partial charge in [-0.05, 0) is 43.4 Å². The summed E-state index contributed by atoms with van der Waals surface area (Å²) in [6, 6.07) is 10.3. The number of halogens is 2. The zero-order chi connectivity index (χ0) is 16.9. The van der Waals surface area contributed by atoms with E-state index in [-0.39, 0.29) is 30.5 Å². The van der Waals surface area contributed by atoms with Crippen LogP contribution in [-0.4, -0.2) is 43.2 Å². The Morgan fingerprint density at radius 3 is 2.21 bits per heavy atom. The van der Waals surface area contributed by atoms with Gasteiger partial charge in [0.05, 0.1) is 0 Å². The minimum Gasteiger partial charge on any atom is -0.371 e. The number of carbonyl (C=O) groups excluding carboxylic acids is 1. The third-order valence-corrected chi connectivity index (χ3v) is 4.87. The number of amides is 2. The molecule has 0 aliphatic carbocycles. The fourth-order valence-corrected chi connectivity index (χ4v) is 3.36. The highest BCUT2D eigenvalue weighted by Gasteiger charge is 2.25. The average molecular weight is 335 g/mol. The number of hydrogen-bond acceptors (Lipinski definition) is 2. The van der Waals surface area contributed by atoms with Crippen LogP contribution in [0.3, 0.4) is 0 Å². The van der Waals surface area contributed by atoms with Gasteiger partial charge in [0.1, 0.15) is 0 Å². The van der Waals surface area contributed by atoms with Gasteiger partial charge in [-0.25, -0.2) is 4.79 Å². The molecule has 0 aromatic heterocycles. The first-order chi connectivity index (χ1) is 11.6. The molecule has 1 N–H and O–H groups in total. The highest BCUT2D eigenvalue weighted by molar-refractivity contribution is 5.74. The predicted molar refractivity (Wildman–Crippen MR) is 90.3 cm³/mol. The van der Waals surface area contributed by atoms with E-state index in [2.05, 4.69) is 22.3 Å². The number of rotatable bonds is 2. The molecular weight excluding hydrogens is 312 g/mol. The smallest absolute Gasteiger partial charge is 0.317 e. The summed E-state index contributed by atoms with van der Waals surface area (Å²) in [6.07, 6.45) is 0.783. The monoisotopic (exact) mass is 335 g/mol. The molecule has 2 saturated heterocycles. The van der Waals surface area contributed by atoms with E-state index in [0.29, 0.717) is 13.1 Å². The lowest BCUT2D eigenvalue weighted by molar-refractivity contribution is 0.186. The number of hydrogen-bond donors (Lipinski definition) is 1. The molecule has 1 aromatic carbocycles. The second-order valence-electron chi connectivity index (χ2n) is 6.40. The van der Waals surface area contributed by atoms with Crippen molar-refractivity contribution >= 4 is 11.7 Å². The molecule has 0 atom stereocenters. The van der Waals surface area contributed by atoms with Crippen LogP contribution in [0.1, 0.15) is 25.7 Å². The van der Waals surface area contributed by atoms with Gasteiger partial charge in [-0.2, -0.15) is 8.78 Å². The maximum absolute atomic E-state index is 12.6. The van der Waals surface area contributed by atoms with Crippen LogP contribution in [0.25, 0.3) is 0 Å². The first kappa shape index (κ1) is 16.7. The summed E-state index contributed by atoms with van der Waals surface area (Å²) in [6.45, 7) is 2.58. The zero-order valence-corrected chi connectivity index (χ0v) is 13.7. The van der Waals surface area contributed by atoms with Crippen LogP contribution < -0.4 is 10.2 Å². The third-order valence-electron chi connectivity index (χ3n) is 4.87. The number of carbonyl (C=O) groups is 1. The Kier molecular flexibility index (Phi) is 5.33. The van der Waals surface area contributed by atoms with Crippen LogP contribution in [0, 0.1) is 0 Å². The molecule has 6 heteroatoms. The topological polar surface area (TPSA) is 35.6 Å². The fourth-order valence-electron chi connectivity index (χ4n) is 3.36. The van der Waals surface area contributed by atoms with Crippen molar-refractivity contribution in [2.75, 3.05) is 31.1 Å². The van der Waals surface area contributed by atoms with E-state index >= 15 is 0 Å². The molecule has 130 valence electrons. The summed E-state index contributed by atoms with van der Waals surface area (Å²) in [4.78, 5) is 16.3. The predicted octanol–water partition coefficient (Wildman–Crippen LogP) is 3.61. The molecule has 24 heavy (non-hydrogen) atoms. The molecule has 2 aliphatic heterocycles. The Labute approximate surface area is 141 Å². The molecule has 0 bridgehead atoms. The quantitative estimate of drug-likeness (QED) is 0.896. The minimum absolute atomic E-state index is 0.119. The van der Waals surface area contributed by atoms with Gasteiger partial charge in [0.25, 0.3) is 6.08 Å². The van der Waals surface area contributed by atoms with E-state index in [1.54, 1.807) is 4.90 Å². The van der Waals surface area contributed by atoms with E-state index in [0.717, 1.165) is 25.9 Å². The summed E-state index contributed by atoms with van der Waals surface area (Å²) >= 11 is 0. The molecule has 1 aromatic rings. The summed E-state index contributed by atoms with van der Waals surface area (Å²) in [7, 11) is 0. The number of piperidine rings is 2. The van der Waals surface area contributed by atoms with E-state index in [4.69, 9.17) is 0 Å². The van der Waals surface area contributed by atoms with Crippen LogP contribution in [0.2, 0.25) is 0 Å². The van der Waals surface area contributed by atoms with Crippen molar-refractivity contribution in [1.82, 2.24) is 10.2 Å². The molecule has 2 amide bonds. The lowest BCUT2D eigenvalue weighted by Crippen LogP contribution is -2.50. The molecule has 0 saturated carbocycles. The molecule has 2 heterocycles. The van der Waals surface area contributed by atoms with Crippen molar-refractivity contribution in [3.8, 4) is 0 Å². The second-order valence-corrected chi connectivity index (χ2v) is 6.40. The molecule has 0 spiro atoms. The second kappa shape index (κ2) is 7.64. The molecule has 2 fully saturated rings. The number of urea groups is 1. The maximum Gasteiger partial charge on any atom is 0.317 e. The summed E-state index contributed by atoms with van der Waals surface area (Å²) in [5, 5.41) is 3.06. The van der Waals surface area contributed by atoms with Crippen molar-refractivity contribution in [3.63, 3.8) is 0 Å². The van der Waals surface area contributed by atoms with Gasteiger partial charge in [0.15, 0.2) is 0 Å². The SMILES string of the molecule is O=C(NC1CCN(c2ccccc2)CC1)N1CCC(=C(F)F)CC1. The van der Waals surface area contributed by atoms with Crippen molar-refractivity contribution in [3.05, 3.63) is 42.0 Å². The Balaban J connectivity index is 1.45. The van der Waals surface area contributed by atoms with Crippen molar-refractivity contribution in [1.29, 1.82) is 0 Å². The van der Waals surface area contributed by atoms with Gasteiger partial charge in [0.2, 0.25) is 0 Å². The van der Waals surface area contributed by atoms with E-state index < -0.39 is 6.08 Å². The molecule has 2 aliphatic rings. The van der Waals surface area contributed by atoms with Gasteiger partial charge < -0.3 is 15.1 Å².